The van der Waals surface area contributed by atoms with E-state index in [2.05, 4.69) is 64.5 Å². The van der Waals surface area contributed by atoms with Crippen molar-refractivity contribution in [2.75, 3.05) is 13.7 Å². The highest BCUT2D eigenvalue weighted by atomic mass is 79.9. The molecule has 0 aromatic heterocycles. The first kappa shape index (κ1) is 23.7. The van der Waals surface area contributed by atoms with E-state index in [1.807, 2.05) is 26.1 Å². The van der Waals surface area contributed by atoms with Gasteiger partial charge in [-0.25, -0.2) is 0 Å². The summed E-state index contributed by atoms with van der Waals surface area (Å²) in [6.45, 7) is 11.1. The van der Waals surface area contributed by atoms with Gasteiger partial charge in [0.15, 0.2) is 11.6 Å². The monoisotopic (exact) mass is 563 g/mol. The van der Waals surface area contributed by atoms with E-state index in [4.69, 9.17) is 4.74 Å². The Morgan fingerprint density at radius 3 is 1.91 bits per heavy atom. The molecule has 0 saturated carbocycles. The van der Waals surface area contributed by atoms with E-state index in [0.717, 1.165) is 49.9 Å². The Bertz CT molecular complexity index is 1030. The van der Waals surface area contributed by atoms with Gasteiger partial charge in [-0.2, -0.15) is 0 Å². The van der Waals surface area contributed by atoms with Crippen molar-refractivity contribution in [3.05, 3.63) is 49.2 Å². The minimum absolute atomic E-state index is 0.110. The molecule has 0 fully saturated rings. The van der Waals surface area contributed by atoms with Crippen LogP contribution >= 0.6 is 31.9 Å². The second-order valence-electron chi connectivity index (χ2n) is 10.8. The van der Waals surface area contributed by atoms with Gasteiger partial charge in [-0.3, -0.25) is 9.59 Å². The lowest BCUT2D eigenvalue weighted by molar-refractivity contribution is -0.119. The number of ether oxygens (including phenoxy) is 1. The molecule has 32 heavy (non-hydrogen) atoms. The van der Waals surface area contributed by atoms with Crippen molar-refractivity contribution in [3.8, 4) is 5.75 Å². The molecule has 1 aromatic rings. The van der Waals surface area contributed by atoms with Crippen LogP contribution in [0.25, 0.3) is 0 Å². The van der Waals surface area contributed by atoms with Crippen LogP contribution in [-0.4, -0.2) is 30.1 Å². The summed E-state index contributed by atoms with van der Waals surface area (Å²) in [5, 5.41) is 0. The van der Waals surface area contributed by atoms with E-state index in [9.17, 15) is 9.59 Å². The molecule has 4 rings (SSSR count). The molecule has 4 nitrogen and oxygen atoms in total. The molecule has 0 amide bonds. The fourth-order valence-corrected chi connectivity index (χ4v) is 6.94. The van der Waals surface area contributed by atoms with Crippen LogP contribution in [0, 0.1) is 10.8 Å². The highest BCUT2D eigenvalue weighted by Gasteiger charge is 2.49. The van der Waals surface area contributed by atoms with E-state index in [1.165, 1.54) is 0 Å². The quantitative estimate of drug-likeness (QED) is 0.399. The Morgan fingerprint density at radius 1 is 0.938 bits per heavy atom. The van der Waals surface area contributed by atoms with Crippen molar-refractivity contribution in [1.29, 1.82) is 0 Å². The Labute approximate surface area is 207 Å². The molecule has 0 saturated heterocycles. The lowest BCUT2D eigenvalue weighted by Gasteiger charge is -2.48. The minimum atomic E-state index is -0.404. The molecular weight excluding hydrogens is 534 g/mol. The van der Waals surface area contributed by atoms with Gasteiger partial charge >= 0.3 is 0 Å². The van der Waals surface area contributed by atoms with Crippen molar-refractivity contribution in [2.45, 2.75) is 66.2 Å². The molecular formula is C26H31Br2NO3. The molecule has 0 atom stereocenters. The number of allylic oxidation sites excluding steroid dienone is 4. The van der Waals surface area contributed by atoms with Crippen LogP contribution in [0.1, 0.15) is 71.8 Å². The standard InChI is InChI=1S/C26H31Br2NO3/c1-7-32-24-15(8-14(27)9-16(24)28)21-22-17(10-25(2,3)12-19(22)30)29(6)18-11-26(4,5)13-20(31)23(18)21/h8-9,21H,7,10-13H2,1-6H3. The summed E-state index contributed by atoms with van der Waals surface area (Å²) in [5.74, 6) is 0.574. The van der Waals surface area contributed by atoms with Crippen LogP contribution in [0.2, 0.25) is 0 Å². The van der Waals surface area contributed by atoms with Gasteiger partial charge in [0.2, 0.25) is 0 Å². The summed E-state index contributed by atoms with van der Waals surface area (Å²) in [4.78, 5) is 29.4. The number of halogens is 2. The van der Waals surface area contributed by atoms with Gasteiger partial charge in [-0.15, -0.1) is 0 Å². The predicted octanol–water partition coefficient (Wildman–Crippen LogP) is 6.93. The van der Waals surface area contributed by atoms with Crippen molar-refractivity contribution in [3.63, 3.8) is 0 Å². The summed E-state index contributed by atoms with van der Waals surface area (Å²) in [7, 11) is 2.03. The maximum Gasteiger partial charge on any atom is 0.162 e. The zero-order valence-corrected chi connectivity index (χ0v) is 22.9. The number of rotatable bonds is 3. The average Bonchev–Trinajstić information content (AvgIpc) is 2.64. The van der Waals surface area contributed by atoms with Gasteiger partial charge in [-0.1, -0.05) is 43.6 Å². The third-order valence-electron chi connectivity index (χ3n) is 6.82. The largest absolute Gasteiger partial charge is 0.492 e. The number of benzene rings is 1. The zero-order chi connectivity index (χ0) is 23.6. The molecule has 0 radical (unpaired) electrons. The lowest BCUT2D eigenvalue weighted by Crippen LogP contribution is -2.43. The number of hydrogen-bond donors (Lipinski definition) is 0. The van der Waals surface area contributed by atoms with Gasteiger partial charge < -0.3 is 9.64 Å². The summed E-state index contributed by atoms with van der Waals surface area (Å²) < 4.78 is 7.77. The first-order valence-corrected chi connectivity index (χ1v) is 12.8. The van der Waals surface area contributed by atoms with E-state index >= 15 is 0 Å². The smallest absolute Gasteiger partial charge is 0.162 e. The fraction of sp³-hybridized carbons (Fsp3) is 0.538. The molecule has 1 aliphatic heterocycles. The van der Waals surface area contributed by atoms with Gasteiger partial charge in [0.25, 0.3) is 0 Å². The number of hydrogen-bond acceptors (Lipinski definition) is 4. The molecule has 0 unspecified atom stereocenters. The van der Waals surface area contributed by atoms with Gasteiger partial charge in [0.1, 0.15) is 5.75 Å². The third-order valence-corrected chi connectivity index (χ3v) is 7.86. The highest BCUT2D eigenvalue weighted by Crippen LogP contribution is 2.55. The van der Waals surface area contributed by atoms with Crippen molar-refractivity contribution in [2.24, 2.45) is 10.8 Å². The highest BCUT2D eigenvalue weighted by molar-refractivity contribution is 9.11. The number of nitrogens with zero attached hydrogens (tertiary/aromatic N) is 1. The summed E-state index contributed by atoms with van der Waals surface area (Å²) in [5.41, 5.74) is 4.30. The van der Waals surface area contributed by atoms with E-state index in [0.29, 0.717) is 25.2 Å². The molecule has 1 heterocycles. The first-order chi connectivity index (χ1) is 14.8. The Hall–Kier alpha value is -1.40. The Kier molecular flexibility index (Phi) is 6.03. The Balaban J connectivity index is 2.04. The van der Waals surface area contributed by atoms with E-state index in [-0.39, 0.29) is 22.4 Å². The summed E-state index contributed by atoms with van der Waals surface area (Å²) in [6, 6.07) is 3.96. The minimum Gasteiger partial charge on any atom is -0.492 e. The first-order valence-electron chi connectivity index (χ1n) is 11.2. The van der Waals surface area contributed by atoms with Crippen molar-refractivity contribution < 1.29 is 14.3 Å². The molecule has 1 aromatic carbocycles. The molecule has 6 heteroatoms. The number of ketones is 2. The van der Waals surface area contributed by atoms with Gasteiger partial charge in [-0.05, 0) is 58.7 Å². The Morgan fingerprint density at radius 2 is 1.44 bits per heavy atom. The average molecular weight is 565 g/mol. The number of Topliss-reactive ketones (excluding diaryl/α,β-unsaturated/α-hetero) is 2. The van der Waals surface area contributed by atoms with E-state index in [1.54, 1.807) is 0 Å². The van der Waals surface area contributed by atoms with Crippen LogP contribution in [0.15, 0.2) is 43.6 Å². The molecule has 3 aliphatic rings. The second-order valence-corrected chi connectivity index (χ2v) is 12.6. The molecule has 172 valence electrons. The molecule has 0 spiro atoms. The topological polar surface area (TPSA) is 46.6 Å². The number of carbonyl (C=O) groups is 2. The normalized spacial score (nSPS) is 22.8. The fourth-order valence-electron chi connectivity index (χ4n) is 5.57. The predicted molar refractivity (Wildman–Crippen MR) is 134 cm³/mol. The van der Waals surface area contributed by atoms with Crippen LogP contribution in [0.3, 0.4) is 0 Å². The summed E-state index contributed by atoms with van der Waals surface area (Å²) in [6.07, 6.45) is 2.59. The maximum atomic E-state index is 13.6. The molecule has 2 aliphatic carbocycles. The number of carbonyl (C=O) groups excluding carboxylic acids is 2. The SMILES string of the molecule is CCOc1c(Br)cc(Br)cc1C1C2=C(CC(C)(C)CC2=O)N(C)C2=C1C(=O)CC(C)(C)C2. The lowest BCUT2D eigenvalue weighted by atomic mass is 9.63. The van der Waals surface area contributed by atoms with E-state index < -0.39 is 5.92 Å². The zero-order valence-electron chi connectivity index (χ0n) is 19.7. The van der Waals surface area contributed by atoms with Gasteiger partial charge in [0, 0.05) is 58.4 Å². The van der Waals surface area contributed by atoms with Crippen LogP contribution in [0.5, 0.6) is 5.75 Å². The van der Waals surface area contributed by atoms with Crippen LogP contribution in [-0.2, 0) is 9.59 Å². The third kappa shape index (κ3) is 4.02. The van der Waals surface area contributed by atoms with Crippen LogP contribution in [0.4, 0.5) is 0 Å². The van der Waals surface area contributed by atoms with Crippen molar-refractivity contribution in [1.82, 2.24) is 4.90 Å². The summed E-state index contributed by atoms with van der Waals surface area (Å²) >= 11 is 7.27. The molecule has 0 bridgehead atoms. The maximum absolute atomic E-state index is 13.6. The molecule has 0 N–H and O–H groups in total. The van der Waals surface area contributed by atoms with Crippen LogP contribution < -0.4 is 4.74 Å². The second kappa shape index (κ2) is 8.12. The van der Waals surface area contributed by atoms with Gasteiger partial charge in [0.05, 0.1) is 11.1 Å². The van der Waals surface area contributed by atoms with Crippen molar-refractivity contribution >= 4 is 43.4 Å².